The van der Waals surface area contributed by atoms with E-state index in [0.29, 0.717) is 19.4 Å². The highest BCUT2D eigenvalue weighted by molar-refractivity contribution is 5.85. The highest BCUT2D eigenvalue weighted by Gasteiger charge is 2.26. The van der Waals surface area contributed by atoms with E-state index >= 15 is 0 Å². The van der Waals surface area contributed by atoms with Crippen LogP contribution in [0.25, 0.3) is 11.1 Å². The fourth-order valence-electron chi connectivity index (χ4n) is 3.90. The molecule has 3 heteroatoms. The molecule has 0 saturated carbocycles. The highest BCUT2D eigenvalue weighted by Crippen LogP contribution is 2.33. The van der Waals surface area contributed by atoms with E-state index in [1.807, 2.05) is 65.8 Å². The molecule has 0 aliphatic heterocycles. The van der Waals surface area contributed by atoms with Gasteiger partial charge in [0.25, 0.3) is 0 Å². The Morgan fingerprint density at radius 2 is 1.34 bits per heavy atom. The van der Waals surface area contributed by atoms with Gasteiger partial charge in [0.15, 0.2) is 0 Å². The van der Waals surface area contributed by atoms with E-state index in [1.54, 1.807) is 0 Å². The van der Waals surface area contributed by atoms with Crippen molar-refractivity contribution in [1.82, 2.24) is 0 Å². The van der Waals surface area contributed by atoms with Crippen molar-refractivity contribution in [2.45, 2.75) is 60.3 Å². The molecule has 35 heavy (non-hydrogen) atoms. The Labute approximate surface area is 210 Å². The molecule has 0 heterocycles. The second-order valence-electron chi connectivity index (χ2n) is 11.3. The van der Waals surface area contributed by atoms with Crippen molar-refractivity contribution >= 4 is 11.8 Å². The fraction of sp³-hybridized carbons (Fsp3) is 0.375. The molecule has 0 radical (unpaired) electrons. The van der Waals surface area contributed by atoms with E-state index < -0.39 is 5.41 Å². The number of rotatable bonds is 8. The summed E-state index contributed by atoms with van der Waals surface area (Å²) in [6, 6.07) is 27.2. The second-order valence-corrected chi connectivity index (χ2v) is 11.3. The van der Waals surface area contributed by atoms with E-state index in [-0.39, 0.29) is 23.1 Å². The summed E-state index contributed by atoms with van der Waals surface area (Å²) in [6.45, 7) is 11.9. The van der Waals surface area contributed by atoms with E-state index in [4.69, 9.17) is 4.74 Å². The molecule has 3 rings (SSSR count). The van der Waals surface area contributed by atoms with Crippen LogP contribution in [0.15, 0.2) is 78.9 Å². The molecule has 0 saturated heterocycles. The van der Waals surface area contributed by atoms with Gasteiger partial charge in [0, 0.05) is 24.2 Å². The topological polar surface area (TPSA) is 43.4 Å². The molecule has 0 spiro atoms. The van der Waals surface area contributed by atoms with Gasteiger partial charge in [-0.05, 0) is 48.6 Å². The summed E-state index contributed by atoms with van der Waals surface area (Å²) in [5, 5.41) is 0. The van der Waals surface area contributed by atoms with Crippen molar-refractivity contribution in [3.63, 3.8) is 0 Å². The molecule has 3 nitrogen and oxygen atoms in total. The second kappa shape index (κ2) is 11.0. The number of ether oxygens (including phenoxy) is 1. The molecule has 0 amide bonds. The van der Waals surface area contributed by atoms with Gasteiger partial charge in [0.05, 0.1) is 12.0 Å². The minimum atomic E-state index is -0.487. The van der Waals surface area contributed by atoms with Crippen LogP contribution in [0.5, 0.6) is 0 Å². The van der Waals surface area contributed by atoms with Crippen LogP contribution in [0.3, 0.4) is 0 Å². The van der Waals surface area contributed by atoms with Gasteiger partial charge in [-0.3, -0.25) is 9.59 Å². The van der Waals surface area contributed by atoms with Gasteiger partial charge in [-0.15, -0.1) is 0 Å². The Hall–Kier alpha value is -3.20. The molecule has 1 unspecified atom stereocenters. The summed E-state index contributed by atoms with van der Waals surface area (Å²) in [6.07, 6.45) is 1.16. The zero-order valence-corrected chi connectivity index (χ0v) is 21.9. The van der Waals surface area contributed by atoms with Crippen molar-refractivity contribution in [2.75, 3.05) is 6.61 Å². The summed E-state index contributed by atoms with van der Waals surface area (Å²) in [5.41, 5.74) is 4.82. The molecule has 0 bridgehead atoms. The molecule has 0 aliphatic carbocycles. The minimum Gasteiger partial charge on any atom is -0.465 e. The quantitative estimate of drug-likeness (QED) is 0.318. The molecule has 0 fully saturated rings. The van der Waals surface area contributed by atoms with Gasteiger partial charge >= 0.3 is 5.97 Å². The normalized spacial score (nSPS) is 12.7. The van der Waals surface area contributed by atoms with Crippen LogP contribution in [0.4, 0.5) is 0 Å². The van der Waals surface area contributed by atoms with Gasteiger partial charge in [0.2, 0.25) is 0 Å². The first-order valence-corrected chi connectivity index (χ1v) is 12.4. The number of carbonyl (C=O) groups is 2. The van der Waals surface area contributed by atoms with Crippen molar-refractivity contribution < 1.29 is 14.3 Å². The van der Waals surface area contributed by atoms with Crippen molar-refractivity contribution in [3.8, 4) is 11.1 Å². The third kappa shape index (κ3) is 7.39. The summed E-state index contributed by atoms with van der Waals surface area (Å²) in [5.74, 6) is 0.109. The number of carbonyl (C=O) groups excluding carboxylic acids is 2. The van der Waals surface area contributed by atoms with Crippen LogP contribution in [-0.2, 0) is 20.7 Å². The maximum Gasteiger partial charge on any atom is 0.311 e. The first-order valence-electron chi connectivity index (χ1n) is 12.4. The molecule has 1 atom stereocenters. The smallest absolute Gasteiger partial charge is 0.311 e. The van der Waals surface area contributed by atoms with Crippen molar-refractivity contribution in [3.05, 3.63) is 95.6 Å². The Balaban J connectivity index is 1.77. The van der Waals surface area contributed by atoms with Gasteiger partial charge in [-0.1, -0.05) is 99.6 Å². The third-order valence-electron chi connectivity index (χ3n) is 6.24. The maximum atomic E-state index is 12.9. The number of benzene rings is 3. The van der Waals surface area contributed by atoms with E-state index in [2.05, 4.69) is 54.6 Å². The Bertz CT molecular complexity index is 1130. The van der Waals surface area contributed by atoms with Crippen molar-refractivity contribution in [1.29, 1.82) is 0 Å². The average Bonchev–Trinajstić information content (AvgIpc) is 2.82. The van der Waals surface area contributed by atoms with E-state index in [9.17, 15) is 9.59 Å². The summed E-state index contributed by atoms with van der Waals surface area (Å²) in [7, 11) is 0. The summed E-state index contributed by atoms with van der Waals surface area (Å²) in [4.78, 5) is 24.9. The van der Waals surface area contributed by atoms with Gasteiger partial charge in [0.1, 0.15) is 5.78 Å². The van der Waals surface area contributed by atoms with Crippen LogP contribution >= 0.6 is 0 Å². The molecule has 0 N–H and O–H groups in total. The molecule has 0 aromatic heterocycles. The largest absolute Gasteiger partial charge is 0.465 e. The Morgan fingerprint density at radius 1 is 0.714 bits per heavy atom. The van der Waals surface area contributed by atoms with Crippen LogP contribution in [0, 0.1) is 10.8 Å². The van der Waals surface area contributed by atoms with Crippen molar-refractivity contribution in [2.24, 2.45) is 10.8 Å². The number of Topliss-reactive ketones (excluding diaryl/α,β-unsaturated/α-hetero) is 1. The molecule has 3 aromatic rings. The summed E-state index contributed by atoms with van der Waals surface area (Å²) < 4.78 is 5.43. The van der Waals surface area contributed by atoms with E-state index in [1.165, 1.54) is 0 Å². The monoisotopic (exact) mass is 470 g/mol. The highest BCUT2D eigenvalue weighted by atomic mass is 16.5. The van der Waals surface area contributed by atoms with Crippen LogP contribution < -0.4 is 0 Å². The first-order chi connectivity index (χ1) is 16.4. The molecule has 3 aromatic carbocycles. The number of hydrogen-bond acceptors (Lipinski definition) is 3. The molecular formula is C32H38O3. The molecule has 184 valence electrons. The molecular weight excluding hydrogens is 432 g/mol. The number of esters is 1. The Morgan fingerprint density at radius 3 is 1.94 bits per heavy atom. The fourth-order valence-corrected chi connectivity index (χ4v) is 3.90. The lowest BCUT2D eigenvalue weighted by molar-refractivity contribution is -0.152. The van der Waals surface area contributed by atoms with Crippen LogP contribution in [0.1, 0.15) is 70.6 Å². The zero-order chi connectivity index (χ0) is 25.6. The third-order valence-corrected chi connectivity index (χ3v) is 6.24. The lowest BCUT2D eigenvalue weighted by Gasteiger charge is -2.23. The predicted octanol–water partition coefficient (Wildman–Crippen LogP) is 7.62. The van der Waals surface area contributed by atoms with Crippen LogP contribution in [0.2, 0.25) is 0 Å². The standard InChI is InChI=1S/C32H38O3/c1-31(2,3)29(33)22-28(25-12-8-7-9-13-25)26-17-15-24(16-18-26)27-14-10-11-23(21-27)19-20-35-30(34)32(4,5)6/h7-18,21,28H,19-20,22H2,1-6H3. The zero-order valence-electron chi connectivity index (χ0n) is 21.9. The van der Waals surface area contributed by atoms with Gasteiger partial charge < -0.3 is 4.74 Å². The van der Waals surface area contributed by atoms with Gasteiger partial charge in [-0.25, -0.2) is 0 Å². The summed E-state index contributed by atoms with van der Waals surface area (Å²) >= 11 is 0. The van der Waals surface area contributed by atoms with Gasteiger partial charge in [-0.2, -0.15) is 0 Å². The number of ketones is 1. The number of hydrogen-bond donors (Lipinski definition) is 0. The van der Waals surface area contributed by atoms with Crippen LogP contribution in [-0.4, -0.2) is 18.4 Å². The lowest BCUT2D eigenvalue weighted by atomic mass is 9.80. The average molecular weight is 471 g/mol. The minimum absolute atomic E-state index is 0.0285. The molecule has 0 aliphatic rings. The predicted molar refractivity (Wildman–Crippen MR) is 143 cm³/mol. The Kier molecular flexibility index (Phi) is 8.32. The maximum absolute atomic E-state index is 12.9. The SMILES string of the molecule is CC(C)(C)C(=O)CC(c1ccccc1)c1ccc(-c2cccc(CCOC(=O)C(C)(C)C)c2)cc1. The lowest BCUT2D eigenvalue weighted by Crippen LogP contribution is -2.23. The van der Waals surface area contributed by atoms with E-state index in [0.717, 1.165) is 27.8 Å². The first kappa shape index (κ1) is 26.4.